The Morgan fingerprint density at radius 3 is 2.30 bits per heavy atom. The number of rotatable bonds is 6. The molecule has 1 saturated heterocycles. The van der Waals surface area contributed by atoms with Gasteiger partial charge in [-0.25, -0.2) is 8.42 Å². The number of primary amides is 1. The molecule has 0 saturated carbocycles. The van der Waals surface area contributed by atoms with Crippen LogP contribution in [0.2, 0.25) is 0 Å². The van der Waals surface area contributed by atoms with E-state index in [1.54, 1.807) is 46.7 Å². The van der Waals surface area contributed by atoms with Gasteiger partial charge in [-0.3, -0.25) is 9.59 Å². The number of carbonyl (C=O) groups is 2. The number of hydrogen-bond donors (Lipinski definition) is 1. The van der Waals surface area contributed by atoms with Gasteiger partial charge in [-0.05, 0) is 35.7 Å². The van der Waals surface area contributed by atoms with Crippen molar-refractivity contribution in [1.29, 1.82) is 0 Å². The van der Waals surface area contributed by atoms with Gasteiger partial charge in [0.1, 0.15) is 9.96 Å². The van der Waals surface area contributed by atoms with Crippen molar-refractivity contribution >= 4 is 33.2 Å². The highest BCUT2D eigenvalue weighted by Gasteiger charge is 2.30. The maximum absolute atomic E-state index is 12.6. The SMILES string of the molecule is NC(=O)COc1ccc(C(=O)N2CCN(S(=O)(=O)c3cccs3)CC2)cc1. The highest BCUT2D eigenvalue weighted by atomic mass is 32.2. The number of ether oxygens (including phenoxy) is 1. The van der Waals surface area contributed by atoms with Crippen LogP contribution in [0.5, 0.6) is 5.75 Å². The molecule has 0 bridgehead atoms. The minimum atomic E-state index is -3.49. The Bertz CT molecular complexity index is 903. The monoisotopic (exact) mass is 409 g/mol. The second-order valence-corrected chi connectivity index (χ2v) is 9.02. The van der Waals surface area contributed by atoms with E-state index in [0.29, 0.717) is 28.6 Å². The van der Waals surface area contributed by atoms with Gasteiger partial charge < -0.3 is 15.4 Å². The topological polar surface area (TPSA) is 110 Å². The molecule has 1 aliphatic rings. The zero-order valence-electron chi connectivity index (χ0n) is 14.4. The van der Waals surface area contributed by atoms with Gasteiger partial charge in [0, 0.05) is 31.7 Å². The third-order valence-corrected chi connectivity index (χ3v) is 7.37. The number of nitrogens with two attached hydrogens (primary N) is 1. The highest BCUT2D eigenvalue weighted by molar-refractivity contribution is 7.91. The summed E-state index contributed by atoms with van der Waals surface area (Å²) < 4.78 is 31.9. The first kappa shape index (κ1) is 19.3. The second-order valence-electron chi connectivity index (χ2n) is 5.91. The van der Waals surface area contributed by atoms with E-state index in [4.69, 9.17) is 10.5 Å². The number of piperazine rings is 1. The molecule has 1 aromatic carbocycles. The fourth-order valence-corrected chi connectivity index (χ4v) is 5.27. The average Bonchev–Trinajstić information content (AvgIpc) is 3.22. The first-order chi connectivity index (χ1) is 12.9. The van der Waals surface area contributed by atoms with Crippen LogP contribution in [0.25, 0.3) is 0 Å². The van der Waals surface area contributed by atoms with Gasteiger partial charge in [0.05, 0.1) is 0 Å². The summed E-state index contributed by atoms with van der Waals surface area (Å²) >= 11 is 1.18. The Kier molecular flexibility index (Phi) is 5.78. The van der Waals surface area contributed by atoms with Crippen molar-refractivity contribution in [2.75, 3.05) is 32.8 Å². The Labute approximate surface area is 161 Å². The normalized spacial score (nSPS) is 15.5. The molecule has 0 atom stereocenters. The quantitative estimate of drug-likeness (QED) is 0.757. The number of sulfonamides is 1. The summed E-state index contributed by atoms with van der Waals surface area (Å²) in [6.07, 6.45) is 0. The Morgan fingerprint density at radius 2 is 1.74 bits per heavy atom. The van der Waals surface area contributed by atoms with Crippen LogP contribution in [0.3, 0.4) is 0 Å². The summed E-state index contributed by atoms with van der Waals surface area (Å²) in [5.41, 5.74) is 5.49. The number of amides is 2. The lowest BCUT2D eigenvalue weighted by Crippen LogP contribution is -2.50. The summed E-state index contributed by atoms with van der Waals surface area (Å²) in [6.45, 7) is 0.929. The Balaban J connectivity index is 1.59. The minimum absolute atomic E-state index is 0.176. The van der Waals surface area contributed by atoms with E-state index in [9.17, 15) is 18.0 Å². The molecular weight excluding hydrogens is 390 g/mol. The summed E-state index contributed by atoms with van der Waals surface area (Å²) in [6, 6.07) is 9.68. The van der Waals surface area contributed by atoms with E-state index >= 15 is 0 Å². The molecule has 2 heterocycles. The number of carbonyl (C=O) groups excluding carboxylic acids is 2. The molecule has 1 aliphatic heterocycles. The van der Waals surface area contributed by atoms with Crippen LogP contribution in [-0.4, -0.2) is 62.2 Å². The molecule has 0 radical (unpaired) electrons. The molecule has 3 rings (SSSR count). The molecule has 2 amide bonds. The maximum atomic E-state index is 12.6. The van der Waals surface area contributed by atoms with Gasteiger partial charge in [-0.1, -0.05) is 6.07 Å². The lowest BCUT2D eigenvalue weighted by Gasteiger charge is -2.33. The molecule has 0 unspecified atom stereocenters. The molecule has 1 fully saturated rings. The smallest absolute Gasteiger partial charge is 0.255 e. The van der Waals surface area contributed by atoms with Gasteiger partial charge >= 0.3 is 0 Å². The molecule has 2 aromatic rings. The summed E-state index contributed by atoms with van der Waals surface area (Å²) in [5.74, 6) is -0.313. The van der Waals surface area contributed by atoms with Crippen molar-refractivity contribution in [2.24, 2.45) is 5.73 Å². The number of thiophene rings is 1. The van der Waals surface area contributed by atoms with Crippen LogP contribution in [0.15, 0.2) is 46.0 Å². The van der Waals surface area contributed by atoms with Crippen molar-refractivity contribution in [3.8, 4) is 5.75 Å². The molecule has 27 heavy (non-hydrogen) atoms. The van der Waals surface area contributed by atoms with Crippen LogP contribution in [0, 0.1) is 0 Å². The van der Waals surface area contributed by atoms with Crippen molar-refractivity contribution in [2.45, 2.75) is 4.21 Å². The van der Waals surface area contributed by atoms with Gasteiger partial charge in [0.2, 0.25) is 0 Å². The minimum Gasteiger partial charge on any atom is -0.484 e. The van der Waals surface area contributed by atoms with Gasteiger partial charge in [-0.2, -0.15) is 4.31 Å². The van der Waals surface area contributed by atoms with Crippen LogP contribution in [0.1, 0.15) is 10.4 Å². The first-order valence-corrected chi connectivity index (χ1v) is 10.5. The second kappa shape index (κ2) is 8.07. The third-order valence-electron chi connectivity index (χ3n) is 4.10. The van der Waals surface area contributed by atoms with Gasteiger partial charge in [0.15, 0.2) is 6.61 Å². The lowest BCUT2D eigenvalue weighted by molar-refractivity contribution is -0.119. The van der Waals surface area contributed by atoms with E-state index < -0.39 is 15.9 Å². The summed E-state index contributed by atoms with van der Waals surface area (Å²) in [5, 5.41) is 1.73. The summed E-state index contributed by atoms with van der Waals surface area (Å²) in [4.78, 5) is 24.9. The van der Waals surface area contributed by atoms with Crippen LogP contribution >= 0.6 is 11.3 Å². The van der Waals surface area contributed by atoms with Crippen molar-refractivity contribution < 1.29 is 22.7 Å². The number of nitrogens with zero attached hydrogens (tertiary/aromatic N) is 2. The molecule has 0 spiro atoms. The van der Waals surface area contributed by atoms with Gasteiger partial charge in [-0.15, -0.1) is 11.3 Å². The molecule has 0 aliphatic carbocycles. The van der Waals surface area contributed by atoms with Crippen molar-refractivity contribution in [3.63, 3.8) is 0 Å². The Morgan fingerprint density at radius 1 is 1.07 bits per heavy atom. The van der Waals surface area contributed by atoms with Crippen LogP contribution < -0.4 is 10.5 Å². The lowest BCUT2D eigenvalue weighted by atomic mass is 10.2. The number of benzene rings is 1. The highest BCUT2D eigenvalue weighted by Crippen LogP contribution is 2.22. The molecule has 8 nitrogen and oxygen atoms in total. The molecule has 1 aromatic heterocycles. The zero-order chi connectivity index (χ0) is 19.4. The number of hydrogen-bond acceptors (Lipinski definition) is 6. The third kappa shape index (κ3) is 4.46. The fourth-order valence-electron chi connectivity index (χ4n) is 2.70. The van der Waals surface area contributed by atoms with Crippen molar-refractivity contribution in [1.82, 2.24) is 9.21 Å². The zero-order valence-corrected chi connectivity index (χ0v) is 16.0. The van der Waals surface area contributed by atoms with E-state index in [-0.39, 0.29) is 25.6 Å². The standard InChI is InChI=1S/C17H19N3O5S2/c18-15(21)12-25-14-5-3-13(4-6-14)17(22)19-7-9-20(10-8-19)27(23,24)16-2-1-11-26-16/h1-6,11H,7-10,12H2,(H2,18,21). The molecule has 2 N–H and O–H groups in total. The van der Waals surface area contributed by atoms with E-state index in [1.807, 2.05) is 0 Å². The molecule has 144 valence electrons. The van der Waals surface area contributed by atoms with Gasteiger partial charge in [0.25, 0.3) is 21.8 Å². The molecule has 10 heteroatoms. The largest absolute Gasteiger partial charge is 0.484 e. The molecular formula is C17H19N3O5S2. The average molecular weight is 409 g/mol. The maximum Gasteiger partial charge on any atom is 0.255 e. The van der Waals surface area contributed by atoms with E-state index in [0.717, 1.165) is 0 Å². The van der Waals surface area contributed by atoms with E-state index in [1.165, 1.54) is 15.6 Å². The van der Waals surface area contributed by atoms with Crippen LogP contribution in [0.4, 0.5) is 0 Å². The summed E-state index contributed by atoms with van der Waals surface area (Å²) in [7, 11) is -3.49. The predicted molar refractivity (Wildman–Crippen MR) is 100 cm³/mol. The van der Waals surface area contributed by atoms with Crippen LogP contribution in [-0.2, 0) is 14.8 Å². The fraction of sp³-hybridized carbons (Fsp3) is 0.294. The Hall–Kier alpha value is -2.43. The first-order valence-electron chi connectivity index (χ1n) is 8.22. The predicted octanol–water partition coefficient (Wildman–Crippen LogP) is 0.759. The van der Waals surface area contributed by atoms with Crippen molar-refractivity contribution in [3.05, 3.63) is 47.3 Å². The van der Waals surface area contributed by atoms with E-state index in [2.05, 4.69) is 0 Å².